The molecule has 0 aromatic heterocycles. The maximum Gasteiger partial charge on any atom is 0.339 e. The Balaban J connectivity index is 2.00. The molecule has 0 atom stereocenters. The second-order valence-corrected chi connectivity index (χ2v) is 5.49. The average Bonchev–Trinajstić information content (AvgIpc) is 2.62. The van der Waals surface area contributed by atoms with Crippen molar-refractivity contribution in [2.75, 3.05) is 25.6 Å². The van der Waals surface area contributed by atoms with Crippen molar-refractivity contribution in [3.05, 3.63) is 47.0 Å². The highest BCUT2D eigenvalue weighted by Crippen LogP contribution is 2.31. The Morgan fingerprint density at radius 1 is 1.12 bits per heavy atom. The lowest BCUT2D eigenvalue weighted by atomic mass is 10.2. The monoisotopic (exact) mass is 379 g/mol. The molecule has 0 bridgehead atoms. The predicted molar refractivity (Wildman–Crippen MR) is 96.7 cm³/mol. The van der Waals surface area contributed by atoms with Gasteiger partial charge in [0, 0.05) is 6.07 Å². The van der Waals surface area contributed by atoms with E-state index in [1.807, 2.05) is 6.92 Å². The average molecular weight is 380 g/mol. The van der Waals surface area contributed by atoms with Gasteiger partial charge in [0.1, 0.15) is 22.8 Å². The second kappa shape index (κ2) is 8.96. The van der Waals surface area contributed by atoms with E-state index in [-0.39, 0.29) is 28.6 Å². The van der Waals surface area contributed by atoms with Crippen LogP contribution in [0.2, 0.25) is 5.02 Å². The van der Waals surface area contributed by atoms with Crippen LogP contribution < -0.4 is 19.5 Å². The fraction of sp³-hybridized carbons (Fsp3) is 0.222. The van der Waals surface area contributed by atoms with Crippen LogP contribution in [0.25, 0.3) is 0 Å². The zero-order chi connectivity index (χ0) is 19.1. The molecule has 0 spiro atoms. The molecule has 0 radical (unpaired) electrons. The van der Waals surface area contributed by atoms with E-state index < -0.39 is 11.9 Å². The summed E-state index contributed by atoms with van der Waals surface area (Å²) in [6, 6.07) is 9.42. The summed E-state index contributed by atoms with van der Waals surface area (Å²) in [6.07, 6.45) is 0. The van der Waals surface area contributed by atoms with Gasteiger partial charge in [-0.25, -0.2) is 4.79 Å². The smallest absolute Gasteiger partial charge is 0.339 e. The summed E-state index contributed by atoms with van der Waals surface area (Å²) in [5.74, 6) is -0.328. The number of aromatic carboxylic acids is 1. The summed E-state index contributed by atoms with van der Waals surface area (Å²) < 4.78 is 15.7. The number of hydrogen-bond acceptors (Lipinski definition) is 5. The number of anilines is 1. The van der Waals surface area contributed by atoms with E-state index in [0.29, 0.717) is 18.1 Å². The first-order valence-electron chi connectivity index (χ1n) is 7.71. The predicted octanol–water partition coefficient (Wildman–Crippen LogP) is 3.46. The van der Waals surface area contributed by atoms with Crippen LogP contribution in [0.4, 0.5) is 5.69 Å². The third-order valence-corrected chi connectivity index (χ3v) is 3.61. The fourth-order valence-corrected chi connectivity index (χ4v) is 2.33. The van der Waals surface area contributed by atoms with E-state index >= 15 is 0 Å². The third kappa shape index (κ3) is 5.03. The van der Waals surface area contributed by atoms with E-state index in [4.69, 9.17) is 30.9 Å². The van der Waals surface area contributed by atoms with Gasteiger partial charge < -0.3 is 24.6 Å². The van der Waals surface area contributed by atoms with Crippen LogP contribution in [-0.2, 0) is 4.79 Å². The highest BCUT2D eigenvalue weighted by molar-refractivity contribution is 6.34. The maximum atomic E-state index is 12.0. The molecule has 0 aliphatic heterocycles. The Labute approximate surface area is 155 Å². The van der Waals surface area contributed by atoms with E-state index in [0.717, 1.165) is 0 Å². The summed E-state index contributed by atoms with van der Waals surface area (Å²) >= 11 is 6.02. The van der Waals surface area contributed by atoms with Gasteiger partial charge >= 0.3 is 5.97 Å². The Kier molecular flexibility index (Phi) is 6.68. The highest BCUT2D eigenvalue weighted by Gasteiger charge is 2.16. The molecule has 2 aromatic carbocycles. The highest BCUT2D eigenvalue weighted by atomic mass is 35.5. The minimum atomic E-state index is -1.18. The van der Waals surface area contributed by atoms with Crippen molar-refractivity contribution in [3.63, 3.8) is 0 Å². The topological polar surface area (TPSA) is 94.1 Å². The first-order chi connectivity index (χ1) is 12.4. The molecule has 1 amide bonds. The Morgan fingerprint density at radius 3 is 2.27 bits per heavy atom. The summed E-state index contributed by atoms with van der Waals surface area (Å²) in [6.45, 7) is 2.21. The number of carboxylic acid groups (broad SMARTS) is 1. The van der Waals surface area contributed by atoms with Gasteiger partial charge in [-0.2, -0.15) is 0 Å². The number of carbonyl (C=O) groups excluding carboxylic acids is 1. The van der Waals surface area contributed by atoms with Gasteiger partial charge in [0.2, 0.25) is 0 Å². The van der Waals surface area contributed by atoms with Gasteiger partial charge in [-0.1, -0.05) is 11.6 Å². The first kappa shape index (κ1) is 19.4. The number of carbonyl (C=O) groups is 2. The number of ether oxygens (including phenoxy) is 3. The van der Waals surface area contributed by atoms with E-state index in [2.05, 4.69) is 5.32 Å². The molecule has 0 saturated carbocycles. The molecule has 8 heteroatoms. The van der Waals surface area contributed by atoms with Crippen LogP contribution >= 0.6 is 11.6 Å². The van der Waals surface area contributed by atoms with Crippen molar-refractivity contribution < 1.29 is 28.9 Å². The van der Waals surface area contributed by atoms with Gasteiger partial charge in [0.15, 0.2) is 6.61 Å². The van der Waals surface area contributed by atoms with Gasteiger partial charge in [0.25, 0.3) is 5.91 Å². The third-order valence-electron chi connectivity index (χ3n) is 3.30. The molecule has 0 saturated heterocycles. The zero-order valence-electron chi connectivity index (χ0n) is 14.2. The van der Waals surface area contributed by atoms with Crippen LogP contribution in [0.5, 0.6) is 17.2 Å². The molecule has 2 N–H and O–H groups in total. The van der Waals surface area contributed by atoms with E-state index in [9.17, 15) is 9.59 Å². The number of methoxy groups -OCH3 is 1. The Morgan fingerprint density at radius 2 is 1.73 bits per heavy atom. The van der Waals surface area contributed by atoms with Crippen LogP contribution in [0, 0.1) is 0 Å². The maximum absolute atomic E-state index is 12.0. The van der Waals surface area contributed by atoms with Crippen LogP contribution in [-0.4, -0.2) is 37.3 Å². The Hall–Kier alpha value is -2.93. The van der Waals surface area contributed by atoms with Gasteiger partial charge in [-0.05, 0) is 37.3 Å². The van der Waals surface area contributed by atoms with Crippen LogP contribution in [0.15, 0.2) is 36.4 Å². The molecular weight excluding hydrogens is 362 g/mol. The van der Waals surface area contributed by atoms with Crippen molar-refractivity contribution in [1.29, 1.82) is 0 Å². The first-order valence-corrected chi connectivity index (χ1v) is 8.08. The number of nitrogens with one attached hydrogen (secondary N) is 1. The van der Waals surface area contributed by atoms with Crippen molar-refractivity contribution in [3.8, 4) is 17.2 Å². The summed E-state index contributed by atoms with van der Waals surface area (Å²) in [5.41, 5.74) is 0.134. The van der Waals surface area contributed by atoms with E-state index in [1.54, 1.807) is 24.3 Å². The molecule has 0 fully saturated rings. The van der Waals surface area contributed by atoms with Crippen molar-refractivity contribution in [1.82, 2.24) is 0 Å². The number of amides is 1. The second-order valence-electron chi connectivity index (χ2n) is 5.08. The van der Waals surface area contributed by atoms with Crippen LogP contribution in [0.1, 0.15) is 17.3 Å². The summed E-state index contributed by atoms with van der Waals surface area (Å²) in [7, 11) is 1.33. The molecular formula is C18H18ClNO6. The van der Waals surface area contributed by atoms with Gasteiger partial charge in [0.05, 0.1) is 24.4 Å². The number of carboxylic acids is 1. The largest absolute Gasteiger partial charge is 0.496 e. The summed E-state index contributed by atoms with van der Waals surface area (Å²) in [4.78, 5) is 23.2. The molecule has 0 aliphatic rings. The van der Waals surface area contributed by atoms with Crippen molar-refractivity contribution in [2.24, 2.45) is 0 Å². The minimum Gasteiger partial charge on any atom is -0.496 e. The zero-order valence-corrected chi connectivity index (χ0v) is 15.0. The van der Waals surface area contributed by atoms with E-state index in [1.165, 1.54) is 19.2 Å². The SMILES string of the molecule is CCOc1ccc(OCC(=O)Nc2cc(OC)c(C(=O)O)cc2Cl)cc1. The molecule has 2 aromatic rings. The lowest BCUT2D eigenvalue weighted by molar-refractivity contribution is -0.118. The quantitative estimate of drug-likeness (QED) is 0.729. The number of benzene rings is 2. The number of halogens is 1. The van der Waals surface area contributed by atoms with Crippen molar-refractivity contribution >= 4 is 29.2 Å². The summed E-state index contributed by atoms with van der Waals surface area (Å²) in [5, 5.41) is 11.7. The normalized spacial score (nSPS) is 10.1. The molecule has 0 unspecified atom stereocenters. The molecule has 26 heavy (non-hydrogen) atoms. The van der Waals surface area contributed by atoms with Crippen molar-refractivity contribution in [2.45, 2.75) is 6.92 Å². The molecule has 0 aliphatic carbocycles. The minimum absolute atomic E-state index is 0.0811. The number of rotatable bonds is 8. The molecule has 7 nitrogen and oxygen atoms in total. The lowest BCUT2D eigenvalue weighted by Gasteiger charge is -2.12. The Bertz CT molecular complexity index is 791. The molecule has 138 valence electrons. The standard InChI is InChI=1S/C18H18ClNO6/c1-3-25-11-4-6-12(7-5-11)26-10-17(21)20-15-9-16(24-2)13(18(22)23)8-14(15)19/h4-9H,3,10H2,1-2H3,(H,20,21)(H,22,23). The molecule has 2 rings (SSSR count). The lowest BCUT2D eigenvalue weighted by Crippen LogP contribution is -2.20. The van der Waals surface area contributed by atoms with Gasteiger partial charge in [-0.3, -0.25) is 4.79 Å². The fourth-order valence-electron chi connectivity index (χ4n) is 2.12. The number of hydrogen-bond donors (Lipinski definition) is 2. The van der Waals surface area contributed by atoms with Crippen LogP contribution in [0.3, 0.4) is 0 Å². The molecule has 0 heterocycles. The van der Waals surface area contributed by atoms with Gasteiger partial charge in [-0.15, -0.1) is 0 Å².